The fourth-order valence-electron chi connectivity index (χ4n) is 2.15. The predicted molar refractivity (Wildman–Crippen MR) is 91.3 cm³/mol. The van der Waals surface area contributed by atoms with Crippen LogP contribution in [-0.4, -0.2) is 68.2 Å². The van der Waals surface area contributed by atoms with Crippen LogP contribution in [0.15, 0.2) is 0 Å². The maximum absolute atomic E-state index is 11.7. The van der Waals surface area contributed by atoms with E-state index in [-0.39, 0.29) is 38.5 Å². The molecule has 2 atom stereocenters. The Morgan fingerprint density at radius 2 is 0.893 bits per heavy atom. The molecule has 0 radical (unpaired) electrons. The Balaban J connectivity index is 4.20. The Hall–Kier alpha value is -3.18. The Morgan fingerprint density at radius 1 is 0.571 bits per heavy atom. The molecule has 0 aliphatic rings. The van der Waals surface area contributed by atoms with E-state index in [1.807, 2.05) is 0 Å². The second kappa shape index (κ2) is 13.1. The van der Waals surface area contributed by atoms with Gasteiger partial charge in [-0.2, -0.15) is 0 Å². The van der Waals surface area contributed by atoms with E-state index in [0.29, 0.717) is 0 Å². The maximum atomic E-state index is 11.7. The average molecular weight is 404 g/mol. The van der Waals surface area contributed by atoms with Gasteiger partial charge in [0.1, 0.15) is 12.1 Å². The molecule has 6 N–H and O–H groups in total. The standard InChI is InChI=1S/C16H24N2O10/c19-11(17-9(15(25)26)5-7-13(21)22)3-1-2-4-12(20)18-10(16(27)28)6-8-14(23)24/h9-10H,1-8H2,(H,17,19)(H,18,20)(H,21,22)(H,23,24)(H,25,26)(H,27,28)/t9-,10+. The summed E-state index contributed by atoms with van der Waals surface area (Å²) in [6, 6.07) is -2.64. The highest BCUT2D eigenvalue weighted by Gasteiger charge is 2.22. The van der Waals surface area contributed by atoms with Crippen LogP contribution in [0.2, 0.25) is 0 Å². The molecular weight excluding hydrogens is 380 g/mol. The van der Waals surface area contributed by atoms with Crippen molar-refractivity contribution in [2.75, 3.05) is 0 Å². The molecule has 0 heterocycles. The van der Waals surface area contributed by atoms with E-state index >= 15 is 0 Å². The van der Waals surface area contributed by atoms with E-state index in [2.05, 4.69) is 10.6 Å². The van der Waals surface area contributed by atoms with Gasteiger partial charge in [0.05, 0.1) is 0 Å². The third-order valence-corrected chi connectivity index (χ3v) is 3.62. The highest BCUT2D eigenvalue weighted by Crippen LogP contribution is 2.05. The van der Waals surface area contributed by atoms with Crippen LogP contribution in [0.5, 0.6) is 0 Å². The van der Waals surface area contributed by atoms with Crippen molar-refractivity contribution in [3.8, 4) is 0 Å². The number of unbranched alkanes of at least 4 members (excludes halogenated alkanes) is 1. The predicted octanol–water partition coefficient (Wildman–Crippen LogP) is -0.585. The third-order valence-electron chi connectivity index (χ3n) is 3.62. The Labute approximate surface area is 159 Å². The van der Waals surface area contributed by atoms with Crippen molar-refractivity contribution in [1.82, 2.24) is 10.6 Å². The van der Waals surface area contributed by atoms with E-state index in [1.165, 1.54) is 0 Å². The second-order valence-electron chi connectivity index (χ2n) is 5.99. The summed E-state index contributed by atoms with van der Waals surface area (Å²) in [6.45, 7) is 0. The van der Waals surface area contributed by atoms with Gasteiger partial charge >= 0.3 is 23.9 Å². The molecule has 28 heavy (non-hydrogen) atoms. The van der Waals surface area contributed by atoms with E-state index in [9.17, 15) is 28.8 Å². The molecule has 12 heteroatoms. The molecule has 0 saturated heterocycles. The first-order chi connectivity index (χ1) is 13.0. The van der Waals surface area contributed by atoms with Gasteiger partial charge in [-0.3, -0.25) is 19.2 Å². The van der Waals surface area contributed by atoms with Gasteiger partial charge < -0.3 is 31.1 Å². The van der Waals surface area contributed by atoms with Crippen LogP contribution in [-0.2, 0) is 28.8 Å². The van der Waals surface area contributed by atoms with Crippen LogP contribution in [0.3, 0.4) is 0 Å². The van der Waals surface area contributed by atoms with Crippen molar-refractivity contribution in [3.05, 3.63) is 0 Å². The summed E-state index contributed by atoms with van der Waals surface area (Å²) in [4.78, 5) is 66.3. The lowest BCUT2D eigenvalue weighted by Crippen LogP contribution is -2.41. The molecule has 0 fully saturated rings. The van der Waals surface area contributed by atoms with Crippen molar-refractivity contribution in [2.24, 2.45) is 0 Å². The first-order valence-corrected chi connectivity index (χ1v) is 8.50. The number of hydrogen-bond acceptors (Lipinski definition) is 6. The SMILES string of the molecule is O=C(O)CC[C@H](NC(=O)CCCCC(=O)N[C@H](CCC(=O)O)C(=O)O)C(=O)O. The number of carboxylic acid groups (broad SMARTS) is 4. The minimum Gasteiger partial charge on any atom is -0.481 e. The van der Waals surface area contributed by atoms with Gasteiger partial charge in [-0.25, -0.2) is 9.59 Å². The normalized spacial score (nSPS) is 12.4. The van der Waals surface area contributed by atoms with Gasteiger partial charge in [0.15, 0.2) is 0 Å². The zero-order valence-electron chi connectivity index (χ0n) is 15.0. The van der Waals surface area contributed by atoms with Crippen LogP contribution in [0, 0.1) is 0 Å². The van der Waals surface area contributed by atoms with Crippen molar-refractivity contribution in [3.63, 3.8) is 0 Å². The van der Waals surface area contributed by atoms with E-state index in [4.69, 9.17) is 20.4 Å². The number of carboxylic acids is 4. The molecule has 0 bridgehead atoms. The first kappa shape index (κ1) is 24.8. The van der Waals surface area contributed by atoms with Gasteiger partial charge in [-0.05, 0) is 25.7 Å². The third kappa shape index (κ3) is 12.2. The number of hydrogen-bond donors (Lipinski definition) is 6. The fourth-order valence-corrected chi connectivity index (χ4v) is 2.15. The minimum atomic E-state index is -1.35. The maximum Gasteiger partial charge on any atom is 0.326 e. The number of nitrogens with one attached hydrogen (secondary N) is 2. The van der Waals surface area contributed by atoms with Gasteiger partial charge in [0.2, 0.25) is 11.8 Å². The molecule has 2 amide bonds. The molecule has 0 aliphatic heterocycles. The lowest BCUT2D eigenvalue weighted by molar-refractivity contribution is -0.144. The summed E-state index contributed by atoms with van der Waals surface area (Å²) in [5.74, 6) is -6.29. The number of carbonyl (C=O) groups is 6. The molecule has 0 rings (SSSR count). The molecule has 0 aromatic rings. The van der Waals surface area contributed by atoms with Crippen molar-refractivity contribution in [2.45, 2.75) is 63.5 Å². The number of amides is 2. The number of aliphatic carboxylic acids is 4. The Morgan fingerprint density at radius 3 is 1.14 bits per heavy atom. The minimum absolute atomic E-state index is 0.0918. The van der Waals surface area contributed by atoms with Gasteiger partial charge in [0.25, 0.3) is 0 Å². The molecule has 158 valence electrons. The van der Waals surface area contributed by atoms with Gasteiger partial charge in [-0.1, -0.05) is 0 Å². The first-order valence-electron chi connectivity index (χ1n) is 8.50. The topological polar surface area (TPSA) is 207 Å². The monoisotopic (exact) mass is 404 g/mol. The quantitative estimate of drug-likeness (QED) is 0.191. The number of rotatable bonds is 15. The lowest BCUT2D eigenvalue weighted by Gasteiger charge is -2.14. The molecule has 0 aromatic heterocycles. The summed E-state index contributed by atoms with van der Waals surface area (Å²) in [5.41, 5.74) is 0. The summed E-state index contributed by atoms with van der Waals surface area (Å²) in [7, 11) is 0. The molecule has 0 unspecified atom stereocenters. The van der Waals surface area contributed by atoms with Gasteiger partial charge in [0, 0.05) is 25.7 Å². The zero-order valence-corrected chi connectivity index (χ0v) is 15.0. The lowest BCUT2D eigenvalue weighted by atomic mass is 10.1. The van der Waals surface area contributed by atoms with Crippen molar-refractivity contribution >= 4 is 35.7 Å². The summed E-state index contributed by atoms with van der Waals surface area (Å²) >= 11 is 0. The van der Waals surface area contributed by atoms with Crippen LogP contribution in [0.4, 0.5) is 0 Å². The second-order valence-corrected chi connectivity index (χ2v) is 5.99. The average Bonchev–Trinajstić information content (AvgIpc) is 2.58. The summed E-state index contributed by atoms with van der Waals surface area (Å²) < 4.78 is 0. The van der Waals surface area contributed by atoms with Gasteiger partial charge in [-0.15, -0.1) is 0 Å². The van der Waals surface area contributed by atoms with Crippen LogP contribution >= 0.6 is 0 Å². The Kier molecular flexibility index (Phi) is 11.6. The van der Waals surface area contributed by atoms with Crippen LogP contribution in [0.1, 0.15) is 51.4 Å². The molecular formula is C16H24N2O10. The Bertz CT molecular complexity index is 552. The summed E-state index contributed by atoms with van der Waals surface area (Å²) in [6.07, 6.45) is -1.09. The zero-order chi connectivity index (χ0) is 21.7. The van der Waals surface area contributed by atoms with E-state index in [1.54, 1.807) is 0 Å². The fraction of sp³-hybridized carbons (Fsp3) is 0.625. The van der Waals surface area contributed by atoms with Crippen LogP contribution < -0.4 is 10.6 Å². The number of carbonyl (C=O) groups excluding carboxylic acids is 2. The molecule has 0 saturated carbocycles. The molecule has 0 aliphatic carbocycles. The summed E-state index contributed by atoms with van der Waals surface area (Å²) in [5, 5.41) is 39.4. The molecule has 0 aromatic carbocycles. The van der Waals surface area contributed by atoms with Crippen LogP contribution in [0.25, 0.3) is 0 Å². The highest BCUT2D eigenvalue weighted by atomic mass is 16.4. The van der Waals surface area contributed by atoms with E-state index < -0.39 is 60.6 Å². The smallest absolute Gasteiger partial charge is 0.326 e. The molecule has 12 nitrogen and oxygen atoms in total. The molecule has 0 spiro atoms. The van der Waals surface area contributed by atoms with Crippen molar-refractivity contribution < 1.29 is 49.2 Å². The largest absolute Gasteiger partial charge is 0.481 e. The van der Waals surface area contributed by atoms with Crippen molar-refractivity contribution in [1.29, 1.82) is 0 Å². The highest BCUT2D eigenvalue weighted by molar-refractivity contribution is 5.85. The van der Waals surface area contributed by atoms with E-state index in [0.717, 1.165) is 0 Å².